The van der Waals surface area contributed by atoms with Crippen molar-refractivity contribution in [1.82, 2.24) is 30.1 Å². The van der Waals surface area contributed by atoms with Gasteiger partial charge in [-0.3, -0.25) is 15.3 Å². The second-order valence-corrected chi connectivity index (χ2v) is 3.45. The molecule has 0 unspecified atom stereocenters. The number of nitrogens with one attached hydrogen (secondary N) is 2. The fraction of sp³-hybridized carbons (Fsp3) is 0.167. The Labute approximate surface area is 88.5 Å². The molecule has 0 fully saturated rings. The molecular formula is C6H7N7OS. The van der Waals surface area contributed by atoms with Crippen molar-refractivity contribution in [3.63, 3.8) is 0 Å². The number of rotatable bonds is 4. The van der Waals surface area contributed by atoms with Gasteiger partial charge in [0.2, 0.25) is 5.91 Å². The van der Waals surface area contributed by atoms with Crippen molar-refractivity contribution in [2.75, 3.05) is 11.2 Å². The zero-order chi connectivity index (χ0) is 10.5. The molecule has 0 saturated heterocycles. The lowest BCUT2D eigenvalue weighted by Crippen LogP contribution is -2.23. The summed E-state index contributed by atoms with van der Waals surface area (Å²) in [5.74, 6) is 0.0732. The maximum absolute atomic E-state index is 11.3. The first-order chi connectivity index (χ1) is 7.34. The normalized spacial score (nSPS) is 10.1. The Balaban J connectivity index is 1.78. The van der Waals surface area contributed by atoms with Gasteiger partial charge in [0.15, 0.2) is 5.16 Å². The van der Waals surface area contributed by atoms with E-state index in [1.54, 1.807) is 0 Å². The summed E-state index contributed by atoms with van der Waals surface area (Å²) >= 11 is 1.26. The fourth-order valence-corrected chi connectivity index (χ4v) is 1.40. The van der Waals surface area contributed by atoms with E-state index in [0.717, 1.165) is 0 Å². The van der Waals surface area contributed by atoms with E-state index in [0.29, 0.717) is 5.16 Å². The van der Waals surface area contributed by atoms with Gasteiger partial charge >= 0.3 is 0 Å². The summed E-state index contributed by atoms with van der Waals surface area (Å²) in [4.78, 5) is 15.2. The molecule has 0 aliphatic rings. The Kier molecular flexibility index (Phi) is 2.93. The van der Waals surface area contributed by atoms with E-state index < -0.39 is 0 Å². The number of nitrogens with zero attached hydrogens (tertiary/aromatic N) is 5. The Bertz CT molecular complexity index is 411. The average Bonchev–Trinajstić information content (AvgIpc) is 2.86. The predicted molar refractivity (Wildman–Crippen MR) is 51.5 cm³/mol. The molecule has 0 atom stereocenters. The molecule has 0 spiro atoms. The summed E-state index contributed by atoms with van der Waals surface area (Å²) in [5.41, 5.74) is 2.55. The van der Waals surface area contributed by atoms with Crippen molar-refractivity contribution in [3.05, 3.63) is 19.0 Å². The monoisotopic (exact) mass is 225 g/mol. The summed E-state index contributed by atoms with van der Waals surface area (Å²) in [7, 11) is 0. The number of amides is 1. The van der Waals surface area contributed by atoms with E-state index in [1.807, 2.05) is 0 Å². The molecule has 2 heterocycles. The SMILES string of the molecule is O=C(CSc1ncn[nH]1)Nn1cnnc1. The summed E-state index contributed by atoms with van der Waals surface area (Å²) in [5, 5.41) is 14.0. The van der Waals surface area contributed by atoms with Crippen molar-refractivity contribution < 1.29 is 4.79 Å². The van der Waals surface area contributed by atoms with Crippen LogP contribution in [0, 0.1) is 0 Å². The van der Waals surface area contributed by atoms with Crippen molar-refractivity contribution >= 4 is 17.7 Å². The summed E-state index contributed by atoms with van der Waals surface area (Å²) in [6, 6.07) is 0. The highest BCUT2D eigenvalue weighted by Crippen LogP contribution is 2.09. The minimum Gasteiger partial charge on any atom is -0.272 e. The molecule has 0 aromatic carbocycles. The third-order valence-electron chi connectivity index (χ3n) is 1.41. The van der Waals surface area contributed by atoms with Crippen LogP contribution in [0.25, 0.3) is 0 Å². The molecule has 0 aliphatic heterocycles. The van der Waals surface area contributed by atoms with Gasteiger partial charge in [0.1, 0.15) is 19.0 Å². The van der Waals surface area contributed by atoms with Crippen LogP contribution in [0.15, 0.2) is 24.1 Å². The van der Waals surface area contributed by atoms with Gasteiger partial charge in [-0.15, -0.1) is 10.2 Å². The first-order valence-electron chi connectivity index (χ1n) is 3.97. The average molecular weight is 225 g/mol. The topological polar surface area (TPSA) is 101 Å². The molecule has 15 heavy (non-hydrogen) atoms. The van der Waals surface area contributed by atoms with Crippen molar-refractivity contribution in [2.24, 2.45) is 0 Å². The van der Waals surface area contributed by atoms with E-state index in [9.17, 15) is 4.79 Å². The van der Waals surface area contributed by atoms with Crippen LogP contribution in [-0.4, -0.2) is 41.7 Å². The van der Waals surface area contributed by atoms with Gasteiger partial charge in [-0.05, 0) is 0 Å². The van der Waals surface area contributed by atoms with Crippen LogP contribution in [0.1, 0.15) is 0 Å². The largest absolute Gasteiger partial charge is 0.272 e. The molecule has 0 saturated carbocycles. The van der Waals surface area contributed by atoms with Crippen molar-refractivity contribution in [1.29, 1.82) is 0 Å². The van der Waals surface area contributed by atoms with Crippen LogP contribution >= 0.6 is 11.8 Å². The highest BCUT2D eigenvalue weighted by Gasteiger charge is 2.04. The molecular weight excluding hydrogens is 218 g/mol. The van der Waals surface area contributed by atoms with Gasteiger partial charge in [0.05, 0.1) is 5.75 Å². The first-order valence-corrected chi connectivity index (χ1v) is 4.96. The standard InChI is InChI=1S/C6H7N7OS/c14-5(12-13-3-9-10-4-13)1-15-6-7-2-8-11-6/h2-4H,1H2,(H,12,14)(H,7,8,11). The van der Waals surface area contributed by atoms with Gasteiger partial charge in [-0.25, -0.2) is 9.66 Å². The molecule has 0 aliphatic carbocycles. The van der Waals surface area contributed by atoms with Crippen LogP contribution in [0.3, 0.4) is 0 Å². The Morgan fingerprint density at radius 3 is 3.00 bits per heavy atom. The molecule has 0 bridgehead atoms. The molecule has 2 rings (SSSR count). The van der Waals surface area contributed by atoms with Crippen LogP contribution in [0.2, 0.25) is 0 Å². The second kappa shape index (κ2) is 4.55. The maximum Gasteiger partial charge on any atom is 0.249 e. The van der Waals surface area contributed by atoms with Gasteiger partial charge in [0, 0.05) is 0 Å². The Morgan fingerprint density at radius 2 is 2.33 bits per heavy atom. The van der Waals surface area contributed by atoms with Crippen LogP contribution in [0.4, 0.5) is 0 Å². The van der Waals surface area contributed by atoms with Crippen LogP contribution in [0.5, 0.6) is 0 Å². The van der Waals surface area contributed by atoms with Crippen LogP contribution < -0.4 is 5.43 Å². The Morgan fingerprint density at radius 1 is 1.53 bits per heavy atom. The molecule has 8 nitrogen and oxygen atoms in total. The van der Waals surface area contributed by atoms with Gasteiger partial charge in [-0.2, -0.15) is 5.10 Å². The lowest BCUT2D eigenvalue weighted by Gasteiger charge is -2.02. The molecule has 0 radical (unpaired) electrons. The highest BCUT2D eigenvalue weighted by atomic mass is 32.2. The third kappa shape index (κ3) is 2.77. The number of hydrogen-bond donors (Lipinski definition) is 2. The zero-order valence-corrected chi connectivity index (χ0v) is 8.31. The van der Waals surface area contributed by atoms with Gasteiger partial charge < -0.3 is 0 Å². The smallest absolute Gasteiger partial charge is 0.249 e. The van der Waals surface area contributed by atoms with Crippen LogP contribution in [-0.2, 0) is 4.79 Å². The summed E-state index contributed by atoms with van der Waals surface area (Å²) in [6.07, 6.45) is 4.19. The van der Waals surface area contributed by atoms with E-state index in [-0.39, 0.29) is 11.7 Å². The number of aromatic nitrogens is 6. The molecule has 2 N–H and O–H groups in total. The third-order valence-corrected chi connectivity index (χ3v) is 2.28. The predicted octanol–water partition coefficient (Wildman–Crippen LogP) is -0.741. The lowest BCUT2D eigenvalue weighted by atomic mass is 10.7. The van der Waals surface area contributed by atoms with E-state index >= 15 is 0 Å². The minimum atomic E-state index is -0.170. The number of carbonyl (C=O) groups excluding carboxylic acids is 1. The maximum atomic E-state index is 11.3. The highest BCUT2D eigenvalue weighted by molar-refractivity contribution is 7.99. The number of H-pyrrole nitrogens is 1. The van der Waals surface area contributed by atoms with E-state index in [4.69, 9.17) is 0 Å². The van der Waals surface area contributed by atoms with Gasteiger partial charge in [-0.1, -0.05) is 11.8 Å². The van der Waals surface area contributed by atoms with Crippen molar-refractivity contribution in [3.8, 4) is 0 Å². The fourth-order valence-electron chi connectivity index (χ4n) is 0.832. The molecule has 2 aromatic rings. The minimum absolute atomic E-state index is 0.170. The first kappa shape index (κ1) is 9.65. The van der Waals surface area contributed by atoms with E-state index in [2.05, 4.69) is 30.8 Å². The number of carbonyl (C=O) groups is 1. The molecule has 1 amide bonds. The zero-order valence-electron chi connectivity index (χ0n) is 7.49. The number of thioether (sulfide) groups is 1. The quantitative estimate of drug-likeness (QED) is 0.664. The number of hydrogen-bond acceptors (Lipinski definition) is 6. The Hall–Kier alpha value is -1.90. The van der Waals surface area contributed by atoms with E-state index in [1.165, 1.54) is 35.4 Å². The molecule has 78 valence electrons. The summed E-state index contributed by atoms with van der Waals surface area (Å²) < 4.78 is 1.38. The summed E-state index contributed by atoms with van der Waals surface area (Å²) in [6.45, 7) is 0. The van der Waals surface area contributed by atoms with Gasteiger partial charge in [0.25, 0.3) is 0 Å². The molecule has 2 aromatic heterocycles. The van der Waals surface area contributed by atoms with Crippen molar-refractivity contribution in [2.45, 2.75) is 5.16 Å². The lowest BCUT2D eigenvalue weighted by molar-refractivity contribution is -0.114. The molecule has 9 heteroatoms. The second-order valence-electron chi connectivity index (χ2n) is 2.48. The number of aromatic amines is 1.